The van der Waals surface area contributed by atoms with Gasteiger partial charge in [-0.15, -0.1) is 0 Å². The number of hydrogen-bond acceptors (Lipinski definition) is 6. The Morgan fingerprint density at radius 3 is 1.16 bits per heavy atom. The molecule has 0 radical (unpaired) electrons. The normalized spacial score (nSPS) is 13.0. The zero-order valence-electron chi connectivity index (χ0n) is 26.1. The predicted molar refractivity (Wildman–Crippen MR) is 164 cm³/mol. The summed E-state index contributed by atoms with van der Waals surface area (Å²) in [6.45, 7) is 13.1. The largest absolute Gasteiger partial charge is 0.500 e. The summed E-state index contributed by atoms with van der Waals surface area (Å²) in [7, 11) is -0.389. The first kappa shape index (κ1) is 37.4. The number of rotatable bonds is 28. The van der Waals surface area contributed by atoms with Crippen LogP contribution in [0.25, 0.3) is 0 Å². The van der Waals surface area contributed by atoms with Crippen molar-refractivity contribution in [3.8, 4) is 0 Å². The molecule has 0 aromatic rings. The quantitative estimate of drug-likeness (QED) is 0.0398. The standard InChI is InChI=1S/C28H64O6Si3/c1-9-32-33-25-21-17-13-11-10-12-14-18-22-26-35(5,6)34-36(7,8)27-23-19-15-16-20-24-28-37(29-2,30-3)31-4/h9-28H2,1-8H3. The Morgan fingerprint density at radius 2 is 0.784 bits per heavy atom. The molecule has 0 spiro atoms. The molecular weight excluding hydrogens is 517 g/mol. The van der Waals surface area contributed by atoms with Gasteiger partial charge in [-0.25, -0.2) is 9.78 Å². The molecule has 0 fully saturated rings. The third kappa shape index (κ3) is 21.9. The van der Waals surface area contributed by atoms with Gasteiger partial charge in [-0.1, -0.05) is 83.5 Å². The van der Waals surface area contributed by atoms with Crippen LogP contribution in [0.15, 0.2) is 0 Å². The minimum absolute atomic E-state index is 0.635. The first-order chi connectivity index (χ1) is 17.7. The third-order valence-electron chi connectivity index (χ3n) is 7.21. The van der Waals surface area contributed by atoms with E-state index >= 15 is 0 Å². The van der Waals surface area contributed by atoms with Crippen molar-refractivity contribution in [2.24, 2.45) is 0 Å². The summed E-state index contributed by atoms with van der Waals surface area (Å²) in [5.74, 6) is 0. The Balaban J connectivity index is 3.75. The molecule has 0 atom stereocenters. The lowest BCUT2D eigenvalue weighted by Crippen LogP contribution is -2.44. The summed E-state index contributed by atoms with van der Waals surface area (Å²) in [4.78, 5) is 9.97. The molecule has 224 valence electrons. The average Bonchev–Trinajstić information content (AvgIpc) is 2.85. The predicted octanol–water partition coefficient (Wildman–Crippen LogP) is 9.11. The second-order valence-corrected chi connectivity index (χ2v) is 23.6. The monoisotopic (exact) mass is 580 g/mol. The van der Waals surface area contributed by atoms with E-state index in [2.05, 4.69) is 26.2 Å². The molecule has 0 amide bonds. The molecule has 0 saturated heterocycles. The van der Waals surface area contributed by atoms with Gasteiger partial charge < -0.3 is 17.4 Å². The lowest BCUT2D eigenvalue weighted by molar-refractivity contribution is -0.291. The molecular formula is C28H64O6Si3. The van der Waals surface area contributed by atoms with Gasteiger partial charge in [-0.2, -0.15) is 0 Å². The summed E-state index contributed by atoms with van der Waals surface area (Å²) < 4.78 is 23.4. The Hall–Kier alpha value is 0.411. The van der Waals surface area contributed by atoms with E-state index in [1.165, 1.54) is 95.6 Å². The Kier molecular flexibility index (Phi) is 23.4. The van der Waals surface area contributed by atoms with Crippen LogP contribution in [0, 0.1) is 0 Å². The van der Waals surface area contributed by atoms with Gasteiger partial charge in [0.15, 0.2) is 16.6 Å². The van der Waals surface area contributed by atoms with Crippen LogP contribution in [-0.4, -0.2) is 60.0 Å². The molecule has 0 aromatic carbocycles. The molecule has 6 nitrogen and oxygen atoms in total. The van der Waals surface area contributed by atoms with Gasteiger partial charge in [0.1, 0.15) is 0 Å². The summed E-state index contributed by atoms with van der Waals surface area (Å²) in [6.07, 6.45) is 19.5. The van der Waals surface area contributed by atoms with Crippen molar-refractivity contribution in [1.29, 1.82) is 0 Å². The van der Waals surface area contributed by atoms with Crippen LogP contribution >= 0.6 is 0 Å². The lowest BCUT2D eigenvalue weighted by Gasteiger charge is -2.34. The summed E-state index contributed by atoms with van der Waals surface area (Å²) in [5.41, 5.74) is 0. The van der Waals surface area contributed by atoms with Crippen LogP contribution in [0.1, 0.15) is 103 Å². The minimum Gasteiger partial charge on any atom is -0.455 e. The molecule has 0 saturated carbocycles. The molecule has 9 heteroatoms. The zero-order chi connectivity index (χ0) is 27.9. The van der Waals surface area contributed by atoms with Crippen molar-refractivity contribution in [1.82, 2.24) is 0 Å². The molecule has 0 aromatic heterocycles. The molecule has 0 heterocycles. The molecule has 0 unspecified atom stereocenters. The van der Waals surface area contributed by atoms with Crippen LogP contribution in [-0.2, 0) is 27.2 Å². The van der Waals surface area contributed by atoms with E-state index in [1.54, 1.807) is 21.3 Å². The van der Waals surface area contributed by atoms with Crippen LogP contribution in [0.2, 0.25) is 44.3 Å². The highest BCUT2D eigenvalue weighted by Crippen LogP contribution is 2.26. The Morgan fingerprint density at radius 1 is 0.432 bits per heavy atom. The van der Waals surface area contributed by atoms with Crippen molar-refractivity contribution in [2.45, 2.75) is 148 Å². The highest BCUT2D eigenvalue weighted by Gasteiger charge is 2.36. The number of unbranched alkanes of at least 4 members (excludes halogenated alkanes) is 13. The van der Waals surface area contributed by atoms with E-state index < -0.39 is 25.4 Å². The van der Waals surface area contributed by atoms with Gasteiger partial charge in [0.25, 0.3) is 0 Å². The fraction of sp³-hybridized carbons (Fsp3) is 1.00. The summed E-state index contributed by atoms with van der Waals surface area (Å²) in [6, 6.07) is 3.53. The van der Waals surface area contributed by atoms with Crippen molar-refractivity contribution in [2.75, 3.05) is 34.5 Å². The van der Waals surface area contributed by atoms with Crippen LogP contribution in [0.4, 0.5) is 0 Å². The van der Waals surface area contributed by atoms with Gasteiger partial charge in [0.2, 0.25) is 0 Å². The van der Waals surface area contributed by atoms with E-state index in [-0.39, 0.29) is 0 Å². The van der Waals surface area contributed by atoms with E-state index in [0.29, 0.717) is 6.61 Å². The molecule has 37 heavy (non-hydrogen) atoms. The Bertz CT molecular complexity index is 496. The van der Waals surface area contributed by atoms with Crippen LogP contribution < -0.4 is 0 Å². The van der Waals surface area contributed by atoms with Crippen molar-refractivity contribution in [3.05, 3.63) is 0 Å². The SMILES string of the molecule is CCOOCCCCCCCCCCC[Si](C)(C)O[Si](C)(C)CCCCCCCC[Si](OC)(OC)OC. The van der Waals surface area contributed by atoms with E-state index in [4.69, 9.17) is 27.2 Å². The Labute approximate surface area is 234 Å². The molecule has 0 bridgehead atoms. The fourth-order valence-corrected chi connectivity index (χ4v) is 15.9. The van der Waals surface area contributed by atoms with E-state index in [0.717, 1.165) is 25.5 Å². The molecule has 0 aliphatic rings. The fourth-order valence-electron chi connectivity index (χ4n) is 5.10. The molecule has 0 aliphatic heterocycles. The smallest absolute Gasteiger partial charge is 0.455 e. The highest BCUT2D eigenvalue weighted by molar-refractivity contribution is 6.84. The van der Waals surface area contributed by atoms with Gasteiger partial charge in [-0.05, 0) is 58.0 Å². The first-order valence-corrected chi connectivity index (χ1v) is 23.4. The van der Waals surface area contributed by atoms with Crippen LogP contribution in [0.3, 0.4) is 0 Å². The van der Waals surface area contributed by atoms with Gasteiger partial charge >= 0.3 is 8.80 Å². The van der Waals surface area contributed by atoms with Crippen molar-refractivity contribution >= 4 is 25.4 Å². The van der Waals surface area contributed by atoms with Gasteiger partial charge in [0.05, 0.1) is 13.2 Å². The lowest BCUT2D eigenvalue weighted by atomic mass is 10.1. The summed E-state index contributed by atoms with van der Waals surface area (Å²) >= 11 is 0. The minimum atomic E-state index is -2.38. The maximum Gasteiger partial charge on any atom is 0.500 e. The maximum atomic E-state index is 6.87. The van der Waals surface area contributed by atoms with E-state index in [9.17, 15) is 0 Å². The van der Waals surface area contributed by atoms with Gasteiger partial charge in [-0.3, -0.25) is 0 Å². The molecule has 0 aliphatic carbocycles. The highest BCUT2D eigenvalue weighted by atomic mass is 28.4. The maximum absolute atomic E-state index is 6.87. The summed E-state index contributed by atoms with van der Waals surface area (Å²) in [5, 5.41) is 0. The average molecular weight is 581 g/mol. The third-order valence-corrected chi connectivity index (χ3v) is 17.6. The number of hydrogen-bond donors (Lipinski definition) is 0. The van der Waals surface area contributed by atoms with Crippen molar-refractivity contribution in [3.63, 3.8) is 0 Å². The second-order valence-electron chi connectivity index (χ2n) is 11.7. The zero-order valence-corrected chi connectivity index (χ0v) is 29.1. The molecule has 0 N–H and O–H groups in total. The molecule has 0 rings (SSSR count). The first-order valence-electron chi connectivity index (χ1n) is 15.3. The topological polar surface area (TPSA) is 55.4 Å². The van der Waals surface area contributed by atoms with Gasteiger partial charge in [0, 0.05) is 27.4 Å². The second kappa shape index (κ2) is 23.1. The van der Waals surface area contributed by atoms with Crippen molar-refractivity contribution < 1.29 is 27.2 Å². The van der Waals surface area contributed by atoms with Crippen LogP contribution in [0.5, 0.6) is 0 Å². The van der Waals surface area contributed by atoms with E-state index in [1.807, 2.05) is 6.92 Å².